The van der Waals surface area contributed by atoms with Crippen molar-refractivity contribution in [3.05, 3.63) is 78.0 Å². The second-order valence-corrected chi connectivity index (χ2v) is 5.25. The Balaban J connectivity index is 1.90. The normalized spacial score (nSPS) is 12.6. The lowest BCUT2D eigenvalue weighted by atomic mass is 9.86. The van der Waals surface area contributed by atoms with Gasteiger partial charge in [0.05, 0.1) is 5.69 Å². The van der Waals surface area contributed by atoms with E-state index in [0.717, 1.165) is 18.5 Å². The molecule has 1 aliphatic carbocycles. The molecule has 0 N–H and O–H groups in total. The SMILES string of the molecule is c1ccc(-c2cc3c(cn2)CCc2ccccc2-3)cc1. The average Bonchev–Trinajstić information content (AvgIpc) is 2.55. The lowest BCUT2D eigenvalue weighted by Crippen LogP contribution is -2.04. The fourth-order valence-electron chi connectivity index (χ4n) is 2.97. The number of aromatic nitrogens is 1. The molecule has 0 spiro atoms. The van der Waals surface area contributed by atoms with E-state index in [1.807, 2.05) is 12.3 Å². The molecule has 1 heterocycles. The van der Waals surface area contributed by atoms with Gasteiger partial charge in [-0.3, -0.25) is 4.98 Å². The van der Waals surface area contributed by atoms with Crippen molar-refractivity contribution in [2.24, 2.45) is 0 Å². The Morgan fingerprint density at radius 2 is 1.45 bits per heavy atom. The number of benzene rings is 2. The van der Waals surface area contributed by atoms with Crippen LogP contribution in [0.15, 0.2) is 66.9 Å². The van der Waals surface area contributed by atoms with Crippen molar-refractivity contribution >= 4 is 0 Å². The van der Waals surface area contributed by atoms with Crippen LogP contribution >= 0.6 is 0 Å². The molecule has 0 radical (unpaired) electrons. The first kappa shape index (κ1) is 11.4. The average molecular weight is 257 g/mol. The smallest absolute Gasteiger partial charge is 0.0708 e. The van der Waals surface area contributed by atoms with E-state index in [4.69, 9.17) is 0 Å². The molecular formula is C19H15N. The van der Waals surface area contributed by atoms with Gasteiger partial charge in [0.25, 0.3) is 0 Å². The van der Waals surface area contributed by atoms with Crippen molar-refractivity contribution in [3.8, 4) is 22.4 Å². The van der Waals surface area contributed by atoms with Gasteiger partial charge in [-0.05, 0) is 41.2 Å². The van der Waals surface area contributed by atoms with Gasteiger partial charge in [0.1, 0.15) is 0 Å². The largest absolute Gasteiger partial charge is 0.256 e. The third-order valence-corrected chi connectivity index (χ3v) is 4.03. The maximum absolute atomic E-state index is 4.64. The van der Waals surface area contributed by atoms with E-state index in [1.165, 1.54) is 27.8 Å². The molecule has 1 aromatic heterocycles. The van der Waals surface area contributed by atoms with E-state index in [0.29, 0.717) is 0 Å². The molecule has 0 atom stereocenters. The Morgan fingerprint density at radius 1 is 0.700 bits per heavy atom. The molecule has 20 heavy (non-hydrogen) atoms. The summed E-state index contributed by atoms with van der Waals surface area (Å²) in [7, 11) is 0. The van der Waals surface area contributed by atoms with E-state index < -0.39 is 0 Å². The Bertz CT molecular complexity index is 760. The summed E-state index contributed by atoms with van der Waals surface area (Å²) in [5, 5.41) is 0. The Morgan fingerprint density at radius 3 is 2.35 bits per heavy atom. The van der Waals surface area contributed by atoms with Gasteiger partial charge in [-0.15, -0.1) is 0 Å². The summed E-state index contributed by atoms with van der Waals surface area (Å²) in [5.74, 6) is 0. The number of fused-ring (bicyclic) bond motifs is 3. The monoisotopic (exact) mass is 257 g/mol. The van der Waals surface area contributed by atoms with Crippen molar-refractivity contribution in [3.63, 3.8) is 0 Å². The molecule has 0 aliphatic heterocycles. The first-order valence-corrected chi connectivity index (χ1v) is 7.04. The zero-order valence-corrected chi connectivity index (χ0v) is 11.2. The van der Waals surface area contributed by atoms with Crippen molar-refractivity contribution in [1.82, 2.24) is 4.98 Å². The van der Waals surface area contributed by atoms with Crippen molar-refractivity contribution in [2.45, 2.75) is 12.8 Å². The summed E-state index contributed by atoms with van der Waals surface area (Å²) in [5.41, 5.74) is 7.77. The fourth-order valence-corrected chi connectivity index (χ4v) is 2.97. The molecule has 1 heteroatoms. The molecule has 96 valence electrons. The van der Waals surface area contributed by atoms with Crippen molar-refractivity contribution < 1.29 is 0 Å². The van der Waals surface area contributed by atoms with Crippen molar-refractivity contribution in [1.29, 1.82) is 0 Å². The molecule has 0 amide bonds. The highest BCUT2D eigenvalue weighted by molar-refractivity contribution is 5.76. The fraction of sp³-hybridized carbons (Fsp3) is 0.105. The van der Waals surface area contributed by atoms with Gasteiger partial charge in [-0.2, -0.15) is 0 Å². The second-order valence-electron chi connectivity index (χ2n) is 5.25. The summed E-state index contributed by atoms with van der Waals surface area (Å²) in [4.78, 5) is 4.64. The van der Waals surface area contributed by atoms with E-state index in [1.54, 1.807) is 0 Å². The summed E-state index contributed by atoms with van der Waals surface area (Å²) < 4.78 is 0. The topological polar surface area (TPSA) is 12.9 Å². The maximum atomic E-state index is 4.64. The van der Waals surface area contributed by atoms with Gasteiger partial charge >= 0.3 is 0 Å². The van der Waals surface area contributed by atoms with Gasteiger partial charge in [-0.1, -0.05) is 54.6 Å². The summed E-state index contributed by atoms with van der Waals surface area (Å²) in [6.07, 6.45) is 4.26. The first-order valence-electron chi connectivity index (χ1n) is 7.04. The standard InChI is InChI=1S/C19H15N/c1-2-7-15(8-3-1)19-12-18-16(13-20-19)11-10-14-6-4-5-9-17(14)18/h1-9,12-13H,10-11H2. The van der Waals surface area contributed by atoms with E-state index in [2.05, 4.69) is 59.6 Å². The predicted molar refractivity (Wildman–Crippen MR) is 82.5 cm³/mol. The van der Waals surface area contributed by atoms with Gasteiger partial charge in [0.15, 0.2) is 0 Å². The number of hydrogen-bond acceptors (Lipinski definition) is 1. The van der Waals surface area contributed by atoms with E-state index in [9.17, 15) is 0 Å². The zero-order chi connectivity index (χ0) is 13.4. The molecular weight excluding hydrogens is 242 g/mol. The zero-order valence-electron chi connectivity index (χ0n) is 11.2. The van der Waals surface area contributed by atoms with Crippen LogP contribution in [0.1, 0.15) is 11.1 Å². The minimum absolute atomic E-state index is 1.06. The van der Waals surface area contributed by atoms with Crippen LogP contribution in [-0.2, 0) is 12.8 Å². The van der Waals surface area contributed by atoms with Gasteiger partial charge in [0, 0.05) is 11.8 Å². The maximum Gasteiger partial charge on any atom is 0.0708 e. The Kier molecular flexibility index (Phi) is 2.63. The third-order valence-electron chi connectivity index (χ3n) is 4.03. The van der Waals surface area contributed by atoms with Gasteiger partial charge in [-0.25, -0.2) is 0 Å². The highest BCUT2D eigenvalue weighted by atomic mass is 14.7. The summed E-state index contributed by atoms with van der Waals surface area (Å²) in [6, 6.07) is 21.3. The number of nitrogens with zero attached hydrogens (tertiary/aromatic N) is 1. The minimum Gasteiger partial charge on any atom is -0.256 e. The quantitative estimate of drug-likeness (QED) is 0.625. The highest BCUT2D eigenvalue weighted by Gasteiger charge is 2.16. The number of rotatable bonds is 1. The van der Waals surface area contributed by atoms with Crippen LogP contribution in [0.4, 0.5) is 0 Å². The van der Waals surface area contributed by atoms with Gasteiger partial charge < -0.3 is 0 Å². The summed E-state index contributed by atoms with van der Waals surface area (Å²) >= 11 is 0. The number of aryl methyl sites for hydroxylation is 2. The van der Waals surface area contributed by atoms with Crippen LogP contribution in [0.25, 0.3) is 22.4 Å². The summed E-state index contributed by atoms with van der Waals surface area (Å²) in [6.45, 7) is 0. The highest BCUT2D eigenvalue weighted by Crippen LogP contribution is 2.34. The molecule has 0 unspecified atom stereocenters. The van der Waals surface area contributed by atoms with Crippen LogP contribution < -0.4 is 0 Å². The lowest BCUT2D eigenvalue weighted by Gasteiger charge is -2.20. The van der Waals surface area contributed by atoms with Crippen LogP contribution in [-0.4, -0.2) is 4.98 Å². The van der Waals surface area contributed by atoms with E-state index >= 15 is 0 Å². The Labute approximate surface area is 118 Å². The van der Waals surface area contributed by atoms with Crippen LogP contribution in [0, 0.1) is 0 Å². The molecule has 3 aromatic rings. The molecule has 0 saturated heterocycles. The molecule has 4 rings (SSSR count). The molecule has 0 saturated carbocycles. The predicted octanol–water partition coefficient (Wildman–Crippen LogP) is 4.51. The van der Waals surface area contributed by atoms with Gasteiger partial charge in [0.2, 0.25) is 0 Å². The van der Waals surface area contributed by atoms with Crippen molar-refractivity contribution in [2.75, 3.05) is 0 Å². The second kappa shape index (κ2) is 4.61. The van der Waals surface area contributed by atoms with Crippen LogP contribution in [0.3, 0.4) is 0 Å². The van der Waals surface area contributed by atoms with Crippen LogP contribution in [0.2, 0.25) is 0 Å². The number of pyridine rings is 1. The molecule has 0 bridgehead atoms. The third kappa shape index (κ3) is 1.83. The first-order chi connectivity index (χ1) is 9.92. The van der Waals surface area contributed by atoms with E-state index in [-0.39, 0.29) is 0 Å². The number of hydrogen-bond donors (Lipinski definition) is 0. The van der Waals surface area contributed by atoms with Crippen LogP contribution in [0.5, 0.6) is 0 Å². The Hall–Kier alpha value is -2.41. The minimum atomic E-state index is 1.06. The molecule has 1 nitrogen and oxygen atoms in total. The lowest BCUT2D eigenvalue weighted by molar-refractivity contribution is 0.932. The molecule has 1 aliphatic rings. The molecule has 0 fully saturated rings. The molecule has 2 aromatic carbocycles.